The standard InChI is InChI=1S/C2H3NO3S2/c4-1-6-2(5)3(7)8/h1,7-8H. The summed E-state index contributed by atoms with van der Waals surface area (Å²) in [6, 6.07) is 0. The predicted octanol–water partition coefficient (Wildman–Crippen LogP) is 0.271. The number of carbonyl (C=O) groups excluding carboxylic acids is 2. The number of hydrogen-bond acceptors (Lipinski definition) is 5. The average Bonchev–Trinajstić information content (AvgIpc) is 1.67. The fourth-order valence-electron chi connectivity index (χ4n) is 0.0883. The van der Waals surface area contributed by atoms with E-state index in [1.807, 2.05) is 0 Å². The number of carbonyl (C=O) groups is 2. The molecule has 0 atom stereocenters. The van der Waals surface area contributed by atoms with Gasteiger partial charge in [0.15, 0.2) is 0 Å². The van der Waals surface area contributed by atoms with Crippen LogP contribution in [-0.4, -0.2) is 16.3 Å². The molecular formula is C2H3NO3S2. The number of ether oxygens (including phenoxy) is 1. The van der Waals surface area contributed by atoms with E-state index in [1.54, 1.807) is 0 Å². The first-order chi connectivity index (χ1) is 3.68. The topological polar surface area (TPSA) is 46.6 Å². The first-order valence-electron chi connectivity index (χ1n) is 1.50. The molecule has 8 heavy (non-hydrogen) atoms. The van der Waals surface area contributed by atoms with Crippen molar-refractivity contribution in [3.05, 3.63) is 0 Å². The summed E-state index contributed by atoms with van der Waals surface area (Å²) in [6.45, 7) is 0.00176. The Balaban J connectivity index is 3.48. The fraction of sp³-hybridized carbons (Fsp3) is 0. The molecule has 0 bridgehead atoms. The van der Waals surface area contributed by atoms with Crippen molar-refractivity contribution in [2.45, 2.75) is 0 Å². The van der Waals surface area contributed by atoms with Crippen molar-refractivity contribution in [2.24, 2.45) is 0 Å². The van der Waals surface area contributed by atoms with Gasteiger partial charge in [-0.2, -0.15) is 3.71 Å². The third kappa shape index (κ3) is 2.75. The van der Waals surface area contributed by atoms with Crippen molar-refractivity contribution in [3.63, 3.8) is 0 Å². The summed E-state index contributed by atoms with van der Waals surface area (Å²) in [6.07, 6.45) is -0.924. The van der Waals surface area contributed by atoms with E-state index in [4.69, 9.17) is 0 Å². The van der Waals surface area contributed by atoms with E-state index in [9.17, 15) is 9.59 Å². The third-order valence-electron chi connectivity index (χ3n) is 0.312. The van der Waals surface area contributed by atoms with Gasteiger partial charge < -0.3 is 4.74 Å². The molecule has 0 rings (SSSR count). The minimum Gasteiger partial charge on any atom is -0.377 e. The summed E-state index contributed by atoms with van der Waals surface area (Å²) >= 11 is 6.78. The Kier molecular flexibility index (Phi) is 3.46. The van der Waals surface area contributed by atoms with Crippen LogP contribution in [0.2, 0.25) is 0 Å². The van der Waals surface area contributed by atoms with Gasteiger partial charge >= 0.3 is 12.6 Å². The molecule has 0 aliphatic heterocycles. The summed E-state index contributed by atoms with van der Waals surface area (Å²) in [5.74, 6) is 0. The molecule has 0 N–H and O–H groups in total. The van der Waals surface area contributed by atoms with E-state index in [-0.39, 0.29) is 6.47 Å². The Bertz CT molecular complexity index is 103. The lowest BCUT2D eigenvalue weighted by Gasteiger charge is -2.00. The molecule has 0 spiro atoms. The smallest absolute Gasteiger partial charge is 0.377 e. The lowest BCUT2D eigenvalue weighted by molar-refractivity contribution is -0.123. The largest absolute Gasteiger partial charge is 0.437 e. The minimum absolute atomic E-state index is 0.00176. The van der Waals surface area contributed by atoms with Gasteiger partial charge in [0.05, 0.1) is 0 Å². The fourth-order valence-corrected chi connectivity index (χ4v) is 0.183. The first kappa shape index (κ1) is 7.64. The maximum absolute atomic E-state index is 10.1. The number of hydrogen-bond donors (Lipinski definition) is 2. The highest BCUT2D eigenvalue weighted by atomic mass is 32.2. The maximum atomic E-state index is 10.1. The quantitative estimate of drug-likeness (QED) is 0.323. The lowest BCUT2D eigenvalue weighted by atomic mass is 11.2. The van der Waals surface area contributed by atoms with E-state index in [0.29, 0.717) is 3.71 Å². The molecule has 0 fully saturated rings. The summed E-state index contributed by atoms with van der Waals surface area (Å²) in [4.78, 5) is 19.4. The van der Waals surface area contributed by atoms with Gasteiger partial charge in [0, 0.05) is 0 Å². The zero-order valence-electron chi connectivity index (χ0n) is 3.64. The molecule has 0 saturated carbocycles. The second kappa shape index (κ2) is 3.62. The molecule has 0 saturated heterocycles. The van der Waals surface area contributed by atoms with Crippen LogP contribution in [0.25, 0.3) is 0 Å². The van der Waals surface area contributed by atoms with E-state index in [2.05, 4.69) is 30.4 Å². The Morgan fingerprint density at radius 1 is 1.62 bits per heavy atom. The van der Waals surface area contributed by atoms with Gasteiger partial charge in [-0.3, -0.25) is 4.79 Å². The van der Waals surface area contributed by atoms with Crippen LogP contribution in [0.5, 0.6) is 0 Å². The number of thiol groups is 2. The summed E-state index contributed by atoms with van der Waals surface area (Å²) in [5, 5.41) is 0. The number of nitrogens with zero attached hydrogens (tertiary/aromatic N) is 1. The molecule has 0 aromatic heterocycles. The van der Waals surface area contributed by atoms with Crippen LogP contribution >= 0.6 is 25.6 Å². The number of amides is 1. The highest BCUT2D eigenvalue weighted by Crippen LogP contribution is 1.98. The molecule has 1 amide bonds. The van der Waals surface area contributed by atoms with Crippen molar-refractivity contribution in [1.82, 2.24) is 3.71 Å². The molecule has 0 unspecified atom stereocenters. The van der Waals surface area contributed by atoms with Gasteiger partial charge in [0.2, 0.25) is 0 Å². The molecule has 4 nitrogen and oxygen atoms in total. The average molecular weight is 153 g/mol. The molecule has 0 aliphatic carbocycles. The van der Waals surface area contributed by atoms with E-state index >= 15 is 0 Å². The highest BCUT2D eigenvalue weighted by Gasteiger charge is 2.03. The molecule has 0 radical (unpaired) electrons. The van der Waals surface area contributed by atoms with Gasteiger partial charge in [-0.1, -0.05) is 0 Å². The lowest BCUT2D eigenvalue weighted by Crippen LogP contribution is -2.11. The maximum Gasteiger partial charge on any atom is 0.437 e. The van der Waals surface area contributed by atoms with Gasteiger partial charge in [-0.05, 0) is 25.6 Å². The summed E-state index contributed by atoms with van der Waals surface area (Å²) in [5.41, 5.74) is 0. The van der Waals surface area contributed by atoms with Crippen molar-refractivity contribution >= 4 is 38.2 Å². The Morgan fingerprint density at radius 3 is 2.25 bits per heavy atom. The van der Waals surface area contributed by atoms with Crippen molar-refractivity contribution in [2.75, 3.05) is 0 Å². The van der Waals surface area contributed by atoms with E-state index in [1.165, 1.54) is 0 Å². The van der Waals surface area contributed by atoms with Crippen LogP contribution in [0.15, 0.2) is 0 Å². The molecule has 6 heteroatoms. The Labute approximate surface area is 56.9 Å². The SMILES string of the molecule is O=COC(=O)N(S)S. The summed E-state index contributed by atoms with van der Waals surface area (Å²) in [7, 11) is 0. The van der Waals surface area contributed by atoms with Crippen LogP contribution in [-0.2, 0) is 9.53 Å². The van der Waals surface area contributed by atoms with Crippen LogP contribution in [0, 0.1) is 0 Å². The molecular weight excluding hydrogens is 150 g/mol. The van der Waals surface area contributed by atoms with Gasteiger partial charge in [0.25, 0.3) is 0 Å². The third-order valence-corrected chi connectivity index (χ3v) is 0.639. The molecule has 0 aliphatic rings. The van der Waals surface area contributed by atoms with Gasteiger partial charge in [-0.15, -0.1) is 0 Å². The zero-order valence-corrected chi connectivity index (χ0v) is 5.43. The van der Waals surface area contributed by atoms with Crippen LogP contribution in [0.4, 0.5) is 4.79 Å². The van der Waals surface area contributed by atoms with Gasteiger partial charge in [-0.25, -0.2) is 4.79 Å². The second-order valence-electron chi connectivity index (χ2n) is 0.769. The minimum atomic E-state index is -0.924. The molecule has 0 heterocycles. The highest BCUT2D eigenvalue weighted by molar-refractivity contribution is 7.94. The normalized spacial score (nSPS) is 7.75. The number of rotatable bonds is 1. The van der Waals surface area contributed by atoms with Crippen LogP contribution in [0.1, 0.15) is 0 Å². The second-order valence-corrected chi connectivity index (χ2v) is 1.88. The Hall–Kier alpha value is -0.360. The first-order valence-corrected chi connectivity index (χ1v) is 2.30. The zero-order chi connectivity index (χ0) is 6.57. The Morgan fingerprint density at radius 2 is 2.12 bits per heavy atom. The monoisotopic (exact) mass is 153 g/mol. The van der Waals surface area contributed by atoms with E-state index < -0.39 is 6.09 Å². The van der Waals surface area contributed by atoms with Crippen molar-refractivity contribution < 1.29 is 14.3 Å². The predicted molar refractivity (Wildman–Crippen MR) is 32.4 cm³/mol. The van der Waals surface area contributed by atoms with Crippen molar-refractivity contribution in [3.8, 4) is 0 Å². The van der Waals surface area contributed by atoms with Crippen molar-refractivity contribution in [1.29, 1.82) is 0 Å². The summed E-state index contributed by atoms with van der Waals surface area (Å²) < 4.78 is 4.31. The molecule has 0 aromatic rings. The van der Waals surface area contributed by atoms with Crippen LogP contribution in [0.3, 0.4) is 0 Å². The molecule has 0 aromatic carbocycles. The van der Waals surface area contributed by atoms with E-state index in [0.717, 1.165) is 0 Å². The van der Waals surface area contributed by atoms with Gasteiger partial charge in [0.1, 0.15) is 0 Å². The molecule has 46 valence electrons. The van der Waals surface area contributed by atoms with Crippen LogP contribution < -0.4 is 0 Å².